The molecule has 0 saturated carbocycles. The van der Waals surface area contributed by atoms with Gasteiger partial charge in [-0.25, -0.2) is 18.7 Å². The molecule has 0 fully saturated rings. The molecule has 0 saturated heterocycles. The molecule has 0 bridgehead atoms. The van der Waals surface area contributed by atoms with Crippen molar-refractivity contribution in [2.24, 2.45) is 0 Å². The fourth-order valence-corrected chi connectivity index (χ4v) is 3.48. The summed E-state index contributed by atoms with van der Waals surface area (Å²) in [6.45, 7) is 1.52. The number of fused-ring (bicyclic) bond motifs is 1. The lowest BCUT2D eigenvalue weighted by atomic mass is 10.0. The van der Waals surface area contributed by atoms with Crippen LogP contribution in [0.5, 0.6) is 0 Å². The molecule has 9 heteroatoms. The Morgan fingerprint density at radius 2 is 1.84 bits per heavy atom. The van der Waals surface area contributed by atoms with Crippen LogP contribution in [0, 0.1) is 18.6 Å². The van der Waals surface area contributed by atoms with Crippen molar-refractivity contribution in [1.82, 2.24) is 19.9 Å². The number of aliphatic hydroxyl groups is 1. The predicted molar refractivity (Wildman–Crippen MR) is 109 cm³/mol. The summed E-state index contributed by atoms with van der Waals surface area (Å²) in [7, 11) is 0. The van der Waals surface area contributed by atoms with Gasteiger partial charge < -0.3 is 10.4 Å². The number of hydrogen-bond donors (Lipinski definition) is 2. The van der Waals surface area contributed by atoms with Crippen LogP contribution in [-0.4, -0.2) is 25.5 Å². The molecule has 0 aliphatic rings. The summed E-state index contributed by atoms with van der Waals surface area (Å²) in [6.07, 6.45) is 2.47. The third kappa shape index (κ3) is 3.66. The Morgan fingerprint density at radius 3 is 2.55 bits per heavy atom. The second kappa shape index (κ2) is 8.04. The van der Waals surface area contributed by atoms with Gasteiger partial charge in [-0.15, -0.1) is 0 Å². The van der Waals surface area contributed by atoms with Gasteiger partial charge in [-0.3, -0.25) is 14.2 Å². The van der Waals surface area contributed by atoms with Crippen molar-refractivity contribution in [2.45, 2.75) is 13.2 Å². The van der Waals surface area contributed by atoms with Gasteiger partial charge in [-0.1, -0.05) is 24.3 Å². The summed E-state index contributed by atoms with van der Waals surface area (Å²) in [4.78, 5) is 33.9. The van der Waals surface area contributed by atoms with Crippen molar-refractivity contribution >= 4 is 16.7 Å². The van der Waals surface area contributed by atoms with Gasteiger partial charge >= 0.3 is 0 Å². The second-order valence-electron chi connectivity index (χ2n) is 6.79. The fraction of sp³-hybridized carbons (Fsp3) is 0.0909. The first-order chi connectivity index (χ1) is 14.9. The minimum Gasteiger partial charge on any atom is -0.369 e. The van der Waals surface area contributed by atoms with E-state index in [-0.39, 0.29) is 33.3 Å². The van der Waals surface area contributed by atoms with Gasteiger partial charge in [0, 0.05) is 16.6 Å². The Labute approximate surface area is 174 Å². The highest BCUT2D eigenvalue weighted by Gasteiger charge is 2.24. The molecule has 1 amide bonds. The highest BCUT2D eigenvalue weighted by molar-refractivity contribution is 6.08. The number of pyridine rings is 1. The zero-order chi connectivity index (χ0) is 22.1. The fourth-order valence-electron chi connectivity index (χ4n) is 3.48. The molecule has 0 aliphatic heterocycles. The van der Waals surface area contributed by atoms with Crippen LogP contribution in [0.25, 0.3) is 16.5 Å². The van der Waals surface area contributed by atoms with Crippen LogP contribution >= 0.6 is 0 Å². The number of nitrogens with one attached hydrogen (secondary N) is 1. The van der Waals surface area contributed by atoms with E-state index in [1.807, 2.05) is 0 Å². The average molecular weight is 422 g/mol. The van der Waals surface area contributed by atoms with Crippen LogP contribution in [0.1, 0.15) is 27.8 Å². The Kier molecular flexibility index (Phi) is 5.26. The number of halogens is 2. The molecule has 1 atom stereocenters. The van der Waals surface area contributed by atoms with Crippen LogP contribution in [0.15, 0.2) is 66.0 Å². The van der Waals surface area contributed by atoms with Crippen molar-refractivity contribution in [3.63, 3.8) is 0 Å². The number of aromatic nitrogens is 3. The molecule has 0 radical (unpaired) electrons. The monoisotopic (exact) mass is 422 g/mol. The molecule has 0 aliphatic carbocycles. The van der Waals surface area contributed by atoms with Crippen molar-refractivity contribution < 1.29 is 18.7 Å². The van der Waals surface area contributed by atoms with E-state index >= 15 is 0 Å². The van der Waals surface area contributed by atoms with E-state index in [0.29, 0.717) is 0 Å². The molecule has 0 spiro atoms. The highest BCUT2D eigenvalue weighted by Crippen LogP contribution is 2.24. The summed E-state index contributed by atoms with van der Waals surface area (Å²) < 4.78 is 29.2. The minimum absolute atomic E-state index is 0.0200. The number of hydrogen-bond acceptors (Lipinski definition) is 5. The van der Waals surface area contributed by atoms with Crippen LogP contribution < -0.4 is 10.9 Å². The lowest BCUT2D eigenvalue weighted by molar-refractivity contribution is 0.0783. The van der Waals surface area contributed by atoms with E-state index in [4.69, 9.17) is 0 Å². The lowest BCUT2D eigenvalue weighted by Crippen LogP contribution is -2.32. The number of amides is 1. The first kappa shape index (κ1) is 20.3. The molecule has 0 unspecified atom stereocenters. The Balaban J connectivity index is 1.90. The summed E-state index contributed by atoms with van der Waals surface area (Å²) in [5, 5.41) is 12.5. The molecule has 31 heavy (non-hydrogen) atoms. The van der Waals surface area contributed by atoms with Crippen LogP contribution in [-0.2, 0) is 0 Å². The third-order valence-electron chi connectivity index (χ3n) is 4.86. The Bertz CT molecular complexity index is 1360. The van der Waals surface area contributed by atoms with E-state index in [0.717, 1.165) is 16.7 Å². The van der Waals surface area contributed by atoms with Gasteiger partial charge in [0.15, 0.2) is 6.23 Å². The first-order valence-corrected chi connectivity index (χ1v) is 9.22. The van der Waals surface area contributed by atoms with E-state index in [1.165, 1.54) is 56.0 Å². The lowest BCUT2D eigenvalue weighted by Gasteiger charge is -2.19. The zero-order valence-corrected chi connectivity index (χ0v) is 16.2. The normalized spacial score (nSPS) is 12.0. The topological polar surface area (TPSA) is 97.1 Å². The maximum absolute atomic E-state index is 14.6. The van der Waals surface area contributed by atoms with E-state index in [2.05, 4.69) is 15.3 Å². The predicted octanol–water partition coefficient (Wildman–Crippen LogP) is 2.79. The van der Waals surface area contributed by atoms with E-state index < -0.39 is 29.3 Å². The highest BCUT2D eigenvalue weighted by atomic mass is 19.1. The zero-order valence-electron chi connectivity index (χ0n) is 16.2. The molecule has 4 rings (SSSR count). The second-order valence-corrected chi connectivity index (χ2v) is 6.79. The molecule has 2 heterocycles. The van der Waals surface area contributed by atoms with Crippen LogP contribution in [0.2, 0.25) is 0 Å². The number of benzene rings is 2. The van der Waals surface area contributed by atoms with Gasteiger partial charge in [-0.05, 0) is 25.1 Å². The number of carbonyl (C=O) groups excluding carboxylic acids is 1. The van der Waals surface area contributed by atoms with Gasteiger partial charge in [0.25, 0.3) is 11.5 Å². The number of rotatable bonds is 4. The van der Waals surface area contributed by atoms with Crippen molar-refractivity contribution in [3.05, 3.63) is 100.0 Å². The maximum atomic E-state index is 14.6. The minimum atomic E-state index is -1.52. The summed E-state index contributed by atoms with van der Waals surface area (Å²) in [5.41, 5.74) is -0.126. The standard InChI is InChI=1S/C22H16F2N4O3/c1-12-18(21(30)27-20(29)13-4-2-5-14(23)8-13)16-6-3-7-17(24)19(16)22(31)28(12)15-9-25-11-26-10-15/h2-11,20,29H,1H3,(H,27,30)/t20-/m0/s1. The van der Waals surface area contributed by atoms with Gasteiger partial charge in [0.1, 0.15) is 18.0 Å². The molecular weight excluding hydrogens is 406 g/mol. The van der Waals surface area contributed by atoms with Crippen LogP contribution in [0.4, 0.5) is 8.78 Å². The Morgan fingerprint density at radius 1 is 1.13 bits per heavy atom. The van der Waals surface area contributed by atoms with Crippen molar-refractivity contribution in [3.8, 4) is 5.69 Å². The summed E-state index contributed by atoms with van der Waals surface area (Å²) >= 11 is 0. The molecule has 156 valence electrons. The summed E-state index contributed by atoms with van der Waals surface area (Å²) in [5.74, 6) is -2.14. The molecule has 4 aromatic rings. The maximum Gasteiger partial charge on any atom is 0.266 e. The van der Waals surface area contributed by atoms with Gasteiger partial charge in [0.05, 0.1) is 29.0 Å². The quantitative estimate of drug-likeness (QED) is 0.493. The largest absolute Gasteiger partial charge is 0.369 e. The number of aliphatic hydroxyl groups excluding tert-OH is 1. The summed E-state index contributed by atoms with van der Waals surface area (Å²) in [6, 6.07) is 9.07. The Hall–Kier alpha value is -3.98. The molecular formula is C22H16F2N4O3. The smallest absolute Gasteiger partial charge is 0.266 e. The average Bonchev–Trinajstić information content (AvgIpc) is 2.74. The van der Waals surface area contributed by atoms with Gasteiger partial charge in [-0.2, -0.15) is 0 Å². The van der Waals surface area contributed by atoms with Crippen LogP contribution in [0.3, 0.4) is 0 Å². The van der Waals surface area contributed by atoms with E-state index in [9.17, 15) is 23.5 Å². The van der Waals surface area contributed by atoms with Gasteiger partial charge in [0.2, 0.25) is 0 Å². The third-order valence-corrected chi connectivity index (χ3v) is 4.86. The molecule has 2 aromatic heterocycles. The molecule has 2 N–H and O–H groups in total. The SMILES string of the molecule is Cc1c(C(=O)N[C@@H](O)c2cccc(F)c2)c2cccc(F)c2c(=O)n1-c1cncnc1. The van der Waals surface area contributed by atoms with Crippen molar-refractivity contribution in [2.75, 3.05) is 0 Å². The first-order valence-electron chi connectivity index (χ1n) is 9.22. The number of nitrogens with zero attached hydrogens (tertiary/aromatic N) is 3. The number of carbonyl (C=O) groups is 1. The van der Waals surface area contributed by atoms with E-state index in [1.54, 1.807) is 0 Å². The molecule has 2 aromatic carbocycles. The molecule has 7 nitrogen and oxygen atoms in total. The van der Waals surface area contributed by atoms with Crippen molar-refractivity contribution in [1.29, 1.82) is 0 Å².